The van der Waals surface area contributed by atoms with Crippen LogP contribution < -0.4 is 15.0 Å². The third-order valence-corrected chi connectivity index (χ3v) is 5.19. The summed E-state index contributed by atoms with van der Waals surface area (Å²) in [5.74, 6) is 2.69. The van der Waals surface area contributed by atoms with Gasteiger partial charge in [0, 0.05) is 41.9 Å². The minimum atomic E-state index is -0.0264. The van der Waals surface area contributed by atoms with E-state index in [0.717, 1.165) is 61.1 Å². The zero-order chi connectivity index (χ0) is 18.7. The van der Waals surface area contributed by atoms with E-state index >= 15 is 0 Å². The van der Waals surface area contributed by atoms with Crippen LogP contribution in [0.3, 0.4) is 0 Å². The van der Waals surface area contributed by atoms with Crippen LogP contribution >= 0.6 is 0 Å². The van der Waals surface area contributed by atoms with Crippen LogP contribution in [0.2, 0.25) is 0 Å². The van der Waals surface area contributed by atoms with E-state index in [1.165, 1.54) is 0 Å². The van der Waals surface area contributed by atoms with Crippen LogP contribution in [0.1, 0.15) is 41.4 Å². The zero-order valence-corrected chi connectivity index (χ0v) is 16.0. The molecule has 140 valence electrons. The van der Waals surface area contributed by atoms with E-state index < -0.39 is 0 Å². The standard InChI is InChI=1S/C20H27N3O3/c1-13-14(2)21-19(22-20(13)24)16-6-5-9-23(12-16)11-15-7-8-17(25-3)10-18(15)26-4/h7-8,10,16H,5-6,9,11-12H2,1-4H3,(H,21,22,24). The van der Waals surface area contributed by atoms with E-state index in [9.17, 15) is 4.79 Å². The Kier molecular flexibility index (Phi) is 5.61. The lowest BCUT2D eigenvalue weighted by Gasteiger charge is -2.32. The lowest BCUT2D eigenvalue weighted by Crippen LogP contribution is -2.35. The van der Waals surface area contributed by atoms with Crippen LogP contribution in [0, 0.1) is 13.8 Å². The maximum atomic E-state index is 12.1. The van der Waals surface area contributed by atoms with Crippen LogP contribution in [-0.4, -0.2) is 42.2 Å². The number of likely N-dealkylation sites (tertiary alicyclic amines) is 1. The average Bonchev–Trinajstić information content (AvgIpc) is 2.66. The molecule has 1 atom stereocenters. The molecule has 3 rings (SSSR count). The fraction of sp³-hybridized carbons (Fsp3) is 0.500. The minimum absolute atomic E-state index is 0.0264. The molecule has 0 spiro atoms. The summed E-state index contributed by atoms with van der Waals surface area (Å²) in [7, 11) is 3.34. The van der Waals surface area contributed by atoms with Gasteiger partial charge in [0.1, 0.15) is 17.3 Å². The molecule has 1 aliphatic rings. The molecule has 2 heterocycles. The largest absolute Gasteiger partial charge is 0.497 e. The first-order valence-corrected chi connectivity index (χ1v) is 9.02. The number of rotatable bonds is 5. The fourth-order valence-electron chi connectivity index (χ4n) is 3.51. The lowest BCUT2D eigenvalue weighted by molar-refractivity contribution is 0.194. The normalized spacial score (nSPS) is 17.9. The molecule has 1 aliphatic heterocycles. The summed E-state index contributed by atoms with van der Waals surface area (Å²) in [6.07, 6.45) is 2.13. The van der Waals surface area contributed by atoms with Crippen LogP contribution in [0.15, 0.2) is 23.0 Å². The first-order chi connectivity index (χ1) is 12.5. The van der Waals surface area contributed by atoms with Gasteiger partial charge < -0.3 is 14.5 Å². The Bertz CT molecular complexity index is 832. The topological polar surface area (TPSA) is 67.5 Å². The number of hydrogen-bond donors (Lipinski definition) is 1. The molecular weight excluding hydrogens is 330 g/mol. The minimum Gasteiger partial charge on any atom is -0.497 e. The molecule has 1 aromatic carbocycles. The van der Waals surface area contributed by atoms with Gasteiger partial charge in [-0.05, 0) is 39.3 Å². The van der Waals surface area contributed by atoms with Crippen molar-refractivity contribution in [3.63, 3.8) is 0 Å². The number of piperidine rings is 1. The number of methoxy groups -OCH3 is 2. The van der Waals surface area contributed by atoms with Gasteiger partial charge in [0.15, 0.2) is 0 Å². The Morgan fingerprint density at radius 3 is 2.77 bits per heavy atom. The lowest BCUT2D eigenvalue weighted by atomic mass is 9.96. The molecule has 0 radical (unpaired) electrons. The number of hydrogen-bond acceptors (Lipinski definition) is 5. The molecule has 1 saturated heterocycles. The van der Waals surface area contributed by atoms with Crippen molar-refractivity contribution in [2.45, 2.75) is 39.2 Å². The molecule has 1 unspecified atom stereocenters. The number of aromatic nitrogens is 2. The molecule has 6 nitrogen and oxygen atoms in total. The van der Waals surface area contributed by atoms with Crippen molar-refractivity contribution in [1.29, 1.82) is 0 Å². The molecule has 1 N–H and O–H groups in total. The number of H-pyrrole nitrogens is 1. The molecule has 26 heavy (non-hydrogen) atoms. The molecule has 2 aromatic rings. The van der Waals surface area contributed by atoms with Gasteiger partial charge in [-0.25, -0.2) is 4.98 Å². The van der Waals surface area contributed by atoms with Gasteiger partial charge in [0.2, 0.25) is 0 Å². The van der Waals surface area contributed by atoms with Crippen molar-refractivity contribution in [1.82, 2.24) is 14.9 Å². The number of nitrogens with one attached hydrogen (secondary N) is 1. The Hall–Kier alpha value is -2.34. The number of aryl methyl sites for hydroxylation is 1. The van der Waals surface area contributed by atoms with Crippen LogP contribution in [-0.2, 0) is 6.54 Å². The van der Waals surface area contributed by atoms with E-state index in [1.54, 1.807) is 14.2 Å². The van der Waals surface area contributed by atoms with Gasteiger partial charge in [0.05, 0.1) is 14.2 Å². The quantitative estimate of drug-likeness (QED) is 0.891. The summed E-state index contributed by atoms with van der Waals surface area (Å²) in [4.78, 5) is 22.1. The monoisotopic (exact) mass is 357 g/mol. The van der Waals surface area contributed by atoms with E-state index in [4.69, 9.17) is 9.47 Å². The van der Waals surface area contributed by atoms with Gasteiger partial charge in [-0.3, -0.25) is 9.69 Å². The number of ether oxygens (including phenoxy) is 2. The number of aromatic amines is 1. The Labute approximate surface area is 154 Å². The predicted molar refractivity (Wildman–Crippen MR) is 101 cm³/mol. The van der Waals surface area contributed by atoms with Crippen molar-refractivity contribution >= 4 is 0 Å². The van der Waals surface area contributed by atoms with Gasteiger partial charge in [-0.15, -0.1) is 0 Å². The van der Waals surface area contributed by atoms with E-state index in [0.29, 0.717) is 5.56 Å². The summed E-state index contributed by atoms with van der Waals surface area (Å²) in [6.45, 7) is 6.42. The molecule has 0 amide bonds. The Morgan fingerprint density at radius 1 is 1.27 bits per heavy atom. The summed E-state index contributed by atoms with van der Waals surface area (Å²) in [5, 5.41) is 0. The second kappa shape index (κ2) is 7.91. The molecular formula is C20H27N3O3. The average molecular weight is 357 g/mol. The summed E-state index contributed by atoms with van der Waals surface area (Å²) >= 11 is 0. The highest BCUT2D eigenvalue weighted by Gasteiger charge is 2.24. The maximum absolute atomic E-state index is 12.1. The van der Waals surface area contributed by atoms with E-state index in [-0.39, 0.29) is 11.5 Å². The van der Waals surface area contributed by atoms with Gasteiger partial charge >= 0.3 is 0 Å². The summed E-state index contributed by atoms with van der Waals surface area (Å²) in [6, 6.07) is 5.93. The number of benzene rings is 1. The first kappa shape index (κ1) is 18.5. The Morgan fingerprint density at radius 2 is 2.08 bits per heavy atom. The highest BCUT2D eigenvalue weighted by molar-refractivity contribution is 5.40. The maximum Gasteiger partial charge on any atom is 0.254 e. The van der Waals surface area contributed by atoms with Crippen molar-refractivity contribution in [2.75, 3.05) is 27.3 Å². The molecule has 0 saturated carbocycles. The van der Waals surface area contributed by atoms with Crippen molar-refractivity contribution in [3.05, 3.63) is 51.2 Å². The summed E-state index contributed by atoms with van der Waals surface area (Å²) < 4.78 is 10.8. The third kappa shape index (κ3) is 3.90. The smallest absolute Gasteiger partial charge is 0.254 e. The van der Waals surface area contributed by atoms with Gasteiger partial charge in [0.25, 0.3) is 5.56 Å². The van der Waals surface area contributed by atoms with Crippen LogP contribution in [0.5, 0.6) is 11.5 Å². The van der Waals surface area contributed by atoms with E-state index in [1.807, 2.05) is 26.0 Å². The second-order valence-corrected chi connectivity index (χ2v) is 6.91. The highest BCUT2D eigenvalue weighted by Crippen LogP contribution is 2.29. The van der Waals surface area contributed by atoms with Crippen molar-refractivity contribution < 1.29 is 9.47 Å². The van der Waals surface area contributed by atoms with Crippen molar-refractivity contribution in [3.8, 4) is 11.5 Å². The number of nitrogens with zero attached hydrogens (tertiary/aromatic N) is 2. The zero-order valence-electron chi connectivity index (χ0n) is 16.0. The van der Waals surface area contributed by atoms with Gasteiger partial charge in [-0.2, -0.15) is 0 Å². The molecule has 0 bridgehead atoms. The summed E-state index contributed by atoms with van der Waals surface area (Å²) in [5.41, 5.74) is 2.62. The fourth-order valence-corrected chi connectivity index (χ4v) is 3.51. The predicted octanol–water partition coefficient (Wildman–Crippen LogP) is 2.78. The molecule has 1 aromatic heterocycles. The van der Waals surface area contributed by atoms with Crippen LogP contribution in [0.4, 0.5) is 0 Å². The van der Waals surface area contributed by atoms with Gasteiger partial charge in [-0.1, -0.05) is 6.07 Å². The molecule has 6 heteroatoms. The second-order valence-electron chi connectivity index (χ2n) is 6.91. The molecule has 0 aliphatic carbocycles. The molecule has 1 fully saturated rings. The first-order valence-electron chi connectivity index (χ1n) is 9.02. The third-order valence-electron chi connectivity index (χ3n) is 5.19. The highest BCUT2D eigenvalue weighted by atomic mass is 16.5. The van der Waals surface area contributed by atoms with E-state index in [2.05, 4.69) is 20.9 Å². The van der Waals surface area contributed by atoms with Crippen molar-refractivity contribution in [2.24, 2.45) is 0 Å². The SMILES string of the molecule is COc1ccc(CN2CCCC(c3nc(C)c(C)c(=O)[nH]3)C2)c(OC)c1. The van der Waals surface area contributed by atoms with Crippen LogP contribution in [0.25, 0.3) is 0 Å². The Balaban J connectivity index is 1.76.